The van der Waals surface area contributed by atoms with Crippen molar-refractivity contribution in [2.75, 3.05) is 12.3 Å². The summed E-state index contributed by atoms with van der Waals surface area (Å²) in [4.78, 5) is 14.5. The number of carbonyl (C=O) groups excluding carboxylic acids is 1. The molecule has 1 atom stereocenters. The van der Waals surface area contributed by atoms with Crippen LogP contribution in [0.5, 0.6) is 0 Å². The molecular weight excluding hydrogens is 260 g/mol. The lowest BCUT2D eigenvalue weighted by Gasteiger charge is -2.30. The molecule has 0 heterocycles. The molecule has 21 heavy (non-hydrogen) atoms. The van der Waals surface area contributed by atoms with E-state index in [0.717, 1.165) is 24.2 Å². The Morgan fingerprint density at radius 2 is 1.81 bits per heavy atom. The van der Waals surface area contributed by atoms with Crippen LogP contribution >= 0.6 is 0 Å². The Morgan fingerprint density at radius 1 is 1.24 bits per heavy atom. The summed E-state index contributed by atoms with van der Waals surface area (Å²) in [5.74, 6) is 0.617. The molecule has 1 aromatic rings. The van der Waals surface area contributed by atoms with Crippen molar-refractivity contribution in [3.63, 3.8) is 0 Å². The number of carbonyl (C=O) groups is 1. The molecule has 1 aromatic carbocycles. The van der Waals surface area contributed by atoms with Crippen LogP contribution in [0.2, 0.25) is 0 Å². The average Bonchev–Trinajstić information content (AvgIpc) is 2.39. The first kappa shape index (κ1) is 17.5. The predicted molar refractivity (Wildman–Crippen MR) is 89.8 cm³/mol. The van der Waals surface area contributed by atoms with Crippen LogP contribution in [0.1, 0.15) is 53.0 Å². The van der Waals surface area contributed by atoms with Gasteiger partial charge in [0, 0.05) is 25.2 Å². The smallest absolute Gasteiger partial charge is 0.223 e. The Balaban J connectivity index is 2.72. The lowest BCUT2D eigenvalue weighted by molar-refractivity contribution is -0.133. The summed E-state index contributed by atoms with van der Waals surface area (Å²) in [6.45, 7) is 12.3. The maximum absolute atomic E-state index is 12.6. The molecular formula is C18H30N2O. The van der Waals surface area contributed by atoms with Crippen LogP contribution in [0.25, 0.3) is 0 Å². The molecule has 118 valence electrons. The van der Waals surface area contributed by atoms with Crippen LogP contribution in [0, 0.1) is 11.3 Å². The monoisotopic (exact) mass is 290 g/mol. The molecule has 0 aromatic heterocycles. The Morgan fingerprint density at radius 3 is 2.29 bits per heavy atom. The van der Waals surface area contributed by atoms with Crippen LogP contribution in [0.4, 0.5) is 5.69 Å². The second-order valence-corrected chi connectivity index (χ2v) is 7.03. The molecule has 3 heteroatoms. The minimum absolute atomic E-state index is 0.161. The SMILES string of the molecule is CCCN(Cc1ccc(N)cc1)C(=O)CC(C)C(C)(C)C. The predicted octanol–water partition coefficient (Wildman–Crippen LogP) is 4.08. The van der Waals surface area contributed by atoms with E-state index in [2.05, 4.69) is 34.6 Å². The molecule has 2 N–H and O–H groups in total. The lowest BCUT2D eigenvalue weighted by atomic mass is 9.80. The van der Waals surface area contributed by atoms with Gasteiger partial charge >= 0.3 is 0 Å². The first-order valence-corrected chi connectivity index (χ1v) is 7.86. The molecule has 0 aliphatic heterocycles. The number of hydrogen-bond donors (Lipinski definition) is 1. The molecule has 1 rings (SSSR count). The Labute approximate surface area is 129 Å². The number of amides is 1. The Hall–Kier alpha value is -1.51. The zero-order valence-electron chi connectivity index (χ0n) is 14.1. The van der Waals surface area contributed by atoms with Gasteiger partial charge in [-0.1, -0.05) is 46.8 Å². The van der Waals surface area contributed by atoms with E-state index in [-0.39, 0.29) is 11.3 Å². The van der Waals surface area contributed by atoms with Crippen molar-refractivity contribution in [2.24, 2.45) is 11.3 Å². The first-order chi connectivity index (χ1) is 9.74. The van der Waals surface area contributed by atoms with Gasteiger partial charge in [0.05, 0.1) is 0 Å². The highest BCUT2D eigenvalue weighted by atomic mass is 16.2. The van der Waals surface area contributed by atoms with E-state index in [1.165, 1.54) is 0 Å². The molecule has 1 amide bonds. The zero-order valence-corrected chi connectivity index (χ0v) is 14.1. The number of hydrogen-bond acceptors (Lipinski definition) is 2. The number of rotatable bonds is 6. The van der Waals surface area contributed by atoms with Gasteiger partial charge in [-0.15, -0.1) is 0 Å². The molecule has 0 aliphatic carbocycles. The molecule has 1 unspecified atom stereocenters. The van der Waals surface area contributed by atoms with Crippen LogP contribution < -0.4 is 5.73 Å². The number of benzene rings is 1. The first-order valence-electron chi connectivity index (χ1n) is 7.86. The van der Waals surface area contributed by atoms with Gasteiger partial charge in [-0.3, -0.25) is 4.79 Å². The summed E-state index contributed by atoms with van der Waals surface area (Å²) in [6, 6.07) is 7.78. The summed E-state index contributed by atoms with van der Waals surface area (Å²) < 4.78 is 0. The van der Waals surface area contributed by atoms with E-state index in [1.54, 1.807) is 0 Å². The van der Waals surface area contributed by atoms with Gasteiger partial charge in [0.25, 0.3) is 0 Å². The minimum atomic E-state index is 0.161. The summed E-state index contributed by atoms with van der Waals surface area (Å²) in [6.07, 6.45) is 1.59. The topological polar surface area (TPSA) is 46.3 Å². The second kappa shape index (κ2) is 7.48. The highest BCUT2D eigenvalue weighted by molar-refractivity contribution is 5.76. The van der Waals surface area contributed by atoms with Crippen molar-refractivity contribution < 1.29 is 4.79 Å². The summed E-state index contributed by atoms with van der Waals surface area (Å²) >= 11 is 0. The van der Waals surface area contributed by atoms with E-state index in [1.807, 2.05) is 29.2 Å². The third kappa shape index (κ3) is 5.78. The van der Waals surface area contributed by atoms with Gasteiger partial charge in [0.1, 0.15) is 0 Å². The van der Waals surface area contributed by atoms with Gasteiger partial charge in [-0.05, 0) is 35.4 Å². The number of nitrogens with zero attached hydrogens (tertiary/aromatic N) is 1. The van der Waals surface area contributed by atoms with Crippen molar-refractivity contribution in [3.8, 4) is 0 Å². The fourth-order valence-corrected chi connectivity index (χ4v) is 2.10. The van der Waals surface area contributed by atoms with E-state index in [9.17, 15) is 4.79 Å². The minimum Gasteiger partial charge on any atom is -0.399 e. The van der Waals surface area contributed by atoms with E-state index >= 15 is 0 Å². The van der Waals surface area contributed by atoms with Crippen LogP contribution in [0.15, 0.2) is 24.3 Å². The second-order valence-electron chi connectivity index (χ2n) is 7.03. The summed E-state index contributed by atoms with van der Waals surface area (Å²) in [5, 5.41) is 0. The van der Waals surface area contributed by atoms with Crippen molar-refractivity contribution in [2.45, 2.75) is 54.0 Å². The largest absolute Gasteiger partial charge is 0.399 e. The molecule has 0 fully saturated rings. The summed E-state index contributed by atoms with van der Waals surface area (Å²) in [7, 11) is 0. The van der Waals surface area contributed by atoms with Crippen LogP contribution in [0.3, 0.4) is 0 Å². The molecule has 0 radical (unpaired) electrons. The molecule has 0 saturated carbocycles. The normalized spacial score (nSPS) is 13.0. The van der Waals surface area contributed by atoms with E-state index in [4.69, 9.17) is 5.73 Å². The van der Waals surface area contributed by atoms with Gasteiger partial charge < -0.3 is 10.6 Å². The maximum Gasteiger partial charge on any atom is 0.223 e. The highest BCUT2D eigenvalue weighted by Gasteiger charge is 2.24. The Bertz CT molecular complexity index is 445. The fraction of sp³-hybridized carbons (Fsp3) is 0.611. The lowest BCUT2D eigenvalue weighted by Crippen LogP contribution is -2.34. The van der Waals surface area contributed by atoms with Crippen molar-refractivity contribution in [3.05, 3.63) is 29.8 Å². The molecule has 0 spiro atoms. The van der Waals surface area contributed by atoms with Gasteiger partial charge in [-0.25, -0.2) is 0 Å². The Kier molecular flexibility index (Phi) is 6.25. The van der Waals surface area contributed by atoms with Gasteiger partial charge in [0.15, 0.2) is 0 Å². The number of anilines is 1. The molecule has 0 aliphatic rings. The molecule has 3 nitrogen and oxygen atoms in total. The highest BCUT2D eigenvalue weighted by Crippen LogP contribution is 2.28. The van der Waals surface area contributed by atoms with Crippen LogP contribution in [-0.2, 0) is 11.3 Å². The third-order valence-electron chi connectivity index (χ3n) is 4.16. The fourth-order valence-electron chi connectivity index (χ4n) is 2.10. The number of nitrogens with two attached hydrogens (primary N) is 1. The van der Waals surface area contributed by atoms with Gasteiger partial charge in [-0.2, -0.15) is 0 Å². The van der Waals surface area contributed by atoms with Crippen molar-refractivity contribution in [1.82, 2.24) is 4.90 Å². The molecule has 0 bridgehead atoms. The van der Waals surface area contributed by atoms with Crippen molar-refractivity contribution in [1.29, 1.82) is 0 Å². The molecule has 0 saturated heterocycles. The van der Waals surface area contributed by atoms with Crippen LogP contribution in [-0.4, -0.2) is 17.4 Å². The zero-order chi connectivity index (χ0) is 16.0. The van der Waals surface area contributed by atoms with E-state index < -0.39 is 0 Å². The quantitative estimate of drug-likeness (QED) is 0.802. The number of nitrogen functional groups attached to an aromatic ring is 1. The standard InChI is InChI=1S/C18H30N2O/c1-6-11-20(13-15-7-9-16(19)10-8-15)17(21)12-14(2)18(3,4)5/h7-10,14H,6,11-13,19H2,1-5H3. The maximum atomic E-state index is 12.6. The summed E-state index contributed by atoms with van der Waals surface area (Å²) in [5.41, 5.74) is 7.76. The van der Waals surface area contributed by atoms with Crippen molar-refractivity contribution >= 4 is 11.6 Å². The van der Waals surface area contributed by atoms with E-state index in [0.29, 0.717) is 18.9 Å². The average molecular weight is 290 g/mol. The van der Waals surface area contributed by atoms with Gasteiger partial charge in [0.2, 0.25) is 5.91 Å². The third-order valence-corrected chi connectivity index (χ3v) is 4.16.